The summed E-state index contributed by atoms with van der Waals surface area (Å²) in [4.78, 5) is 62.9. The van der Waals surface area contributed by atoms with Crippen LogP contribution in [0.25, 0.3) is 33.0 Å². The highest BCUT2D eigenvalue weighted by Gasteiger charge is 2.49. The molecule has 0 aliphatic carbocycles. The molecule has 3 N–H and O–H groups in total. The van der Waals surface area contributed by atoms with Crippen molar-refractivity contribution in [3.63, 3.8) is 0 Å². The molecule has 9 atom stereocenters. The van der Waals surface area contributed by atoms with E-state index in [9.17, 15) is 29.4 Å². The molecule has 3 aliphatic heterocycles. The van der Waals surface area contributed by atoms with Crippen LogP contribution in [0.15, 0.2) is 63.6 Å². The fourth-order valence-electron chi connectivity index (χ4n) is 9.53. The normalized spacial score (nSPS) is 30.2. The molecule has 4 bridgehead atoms. The van der Waals surface area contributed by atoms with Gasteiger partial charge in [-0.05, 0) is 88.7 Å². The van der Waals surface area contributed by atoms with E-state index in [0.717, 1.165) is 25.9 Å². The van der Waals surface area contributed by atoms with Gasteiger partial charge in [0.05, 0.1) is 36.0 Å². The number of phenolic OH excluding ortho intramolecular Hbond substituents is 1. The molecule has 0 radical (unpaired) electrons. The fourth-order valence-corrected chi connectivity index (χ4v) is 9.53. The third-order valence-electron chi connectivity index (χ3n) is 14.2. The molecule has 3 aromatic carbocycles. The molecule has 0 saturated carbocycles. The van der Waals surface area contributed by atoms with Gasteiger partial charge in [0.15, 0.2) is 22.3 Å². The summed E-state index contributed by atoms with van der Waals surface area (Å²) in [5, 5.41) is 26.2. The van der Waals surface area contributed by atoms with Gasteiger partial charge >= 0.3 is 11.8 Å². The first-order valence-electron chi connectivity index (χ1n) is 22.8. The summed E-state index contributed by atoms with van der Waals surface area (Å²) in [5.74, 6) is -4.97. The Labute approximate surface area is 384 Å². The molecule has 4 heterocycles. The van der Waals surface area contributed by atoms with Crippen molar-refractivity contribution in [1.82, 2.24) is 9.88 Å². The smallest absolute Gasteiger partial charge is 0.312 e. The van der Waals surface area contributed by atoms with Crippen LogP contribution in [-0.2, 0) is 23.8 Å². The number of ketones is 1. The number of aliphatic hydroxyl groups is 1. The molecule has 1 fully saturated rings. The minimum Gasteiger partial charge on any atom is -0.505 e. The number of aliphatic hydroxyl groups excluding tert-OH is 1. The summed E-state index contributed by atoms with van der Waals surface area (Å²) in [6.07, 6.45) is 7.82. The van der Waals surface area contributed by atoms with E-state index in [0.29, 0.717) is 23.8 Å². The number of fused-ring (bicyclic) bond motifs is 2. The van der Waals surface area contributed by atoms with Crippen molar-refractivity contribution in [3.05, 3.63) is 75.7 Å². The number of aromatic nitrogens is 1. The molecule has 66 heavy (non-hydrogen) atoms. The average molecular weight is 910 g/mol. The van der Waals surface area contributed by atoms with Gasteiger partial charge in [-0.2, -0.15) is 0 Å². The van der Waals surface area contributed by atoms with Crippen molar-refractivity contribution in [1.29, 1.82) is 0 Å². The lowest BCUT2D eigenvalue weighted by Crippen LogP contribution is -2.43. The van der Waals surface area contributed by atoms with E-state index < -0.39 is 58.9 Å². The van der Waals surface area contributed by atoms with Crippen LogP contribution < -0.4 is 20.2 Å². The monoisotopic (exact) mass is 909 g/mol. The van der Waals surface area contributed by atoms with Crippen LogP contribution in [-0.4, -0.2) is 95.7 Å². The number of Topliss-reactive ketones (excluding diaryl/α,β-unsaturated/α-hetero) is 1. The molecular weight excluding hydrogens is 847 g/mol. The van der Waals surface area contributed by atoms with E-state index in [1.807, 2.05) is 34.6 Å². The Morgan fingerprint density at radius 3 is 2.39 bits per heavy atom. The van der Waals surface area contributed by atoms with Gasteiger partial charge in [0.1, 0.15) is 34.3 Å². The van der Waals surface area contributed by atoms with E-state index in [2.05, 4.69) is 17.3 Å². The maximum Gasteiger partial charge on any atom is 0.312 e. The maximum atomic E-state index is 14.8. The minimum absolute atomic E-state index is 0.0109. The zero-order chi connectivity index (χ0) is 47.9. The summed E-state index contributed by atoms with van der Waals surface area (Å²) in [6, 6.07) is 5.16. The largest absolute Gasteiger partial charge is 0.505 e. The highest BCUT2D eigenvalue weighted by Crippen LogP contribution is 2.48. The first kappa shape index (κ1) is 48.2. The second-order valence-electron chi connectivity index (χ2n) is 18.8. The Morgan fingerprint density at radius 2 is 1.71 bits per heavy atom. The van der Waals surface area contributed by atoms with Gasteiger partial charge < -0.3 is 48.5 Å². The number of nitrogens with one attached hydrogen (secondary N) is 1. The van der Waals surface area contributed by atoms with Crippen LogP contribution in [0.3, 0.4) is 0 Å². The zero-order valence-corrected chi connectivity index (χ0v) is 39.7. The van der Waals surface area contributed by atoms with Crippen molar-refractivity contribution in [2.45, 2.75) is 99.3 Å². The quantitative estimate of drug-likeness (QED) is 0.0754. The van der Waals surface area contributed by atoms with Crippen LogP contribution in [0.4, 0.5) is 5.69 Å². The van der Waals surface area contributed by atoms with Crippen LogP contribution in [0.5, 0.6) is 17.2 Å². The van der Waals surface area contributed by atoms with Crippen LogP contribution in [0.2, 0.25) is 0 Å². The van der Waals surface area contributed by atoms with E-state index in [1.54, 1.807) is 49.4 Å². The van der Waals surface area contributed by atoms with Gasteiger partial charge in [0, 0.05) is 55.4 Å². The number of hydrogen-bond donors (Lipinski definition) is 3. The number of benzene rings is 3. The van der Waals surface area contributed by atoms with Crippen molar-refractivity contribution in [2.24, 2.45) is 35.5 Å². The third-order valence-corrected chi connectivity index (χ3v) is 14.2. The van der Waals surface area contributed by atoms with E-state index >= 15 is 0 Å². The van der Waals surface area contributed by atoms with Crippen molar-refractivity contribution >= 4 is 56.3 Å². The topological polar surface area (TPSA) is 196 Å². The number of ether oxygens (including phenoxy) is 5. The third kappa shape index (κ3) is 9.17. The number of anilines is 1. The van der Waals surface area contributed by atoms with Crippen LogP contribution >= 0.6 is 0 Å². The lowest BCUT2D eigenvalue weighted by molar-refractivity contribution is -0.157. The number of phenols is 1. The van der Waals surface area contributed by atoms with Gasteiger partial charge in [-0.15, -0.1) is 0 Å². The summed E-state index contributed by atoms with van der Waals surface area (Å²) in [5.41, 5.74) is -0.187. The van der Waals surface area contributed by atoms with Gasteiger partial charge in [0.25, 0.3) is 11.7 Å². The number of esters is 1. The summed E-state index contributed by atoms with van der Waals surface area (Å²) < 4.78 is 37.0. The fraction of sp³-hybridized carbons (Fsp3) is 0.510. The Balaban J connectivity index is 1.40. The maximum absolute atomic E-state index is 14.8. The lowest BCUT2D eigenvalue weighted by atomic mass is 9.73. The average Bonchev–Trinajstić information content (AvgIpc) is 3.56. The molecule has 1 saturated heterocycles. The highest BCUT2D eigenvalue weighted by atomic mass is 16.7. The number of nitrogens with zero attached hydrogens (tertiary/aromatic N) is 2. The molecule has 0 spiro atoms. The number of carbonyl (C=O) groups is 3. The number of rotatable bonds is 5. The van der Waals surface area contributed by atoms with Gasteiger partial charge in [-0.25, -0.2) is 4.98 Å². The van der Waals surface area contributed by atoms with E-state index in [4.69, 9.17) is 33.1 Å². The first-order valence-corrected chi connectivity index (χ1v) is 22.8. The second-order valence-corrected chi connectivity index (χ2v) is 18.8. The lowest BCUT2D eigenvalue weighted by Gasteiger charge is -2.39. The second kappa shape index (κ2) is 19.2. The number of aromatic hydroxyl groups is 1. The number of amides is 1. The van der Waals surface area contributed by atoms with E-state index in [-0.39, 0.29) is 79.3 Å². The number of piperidine rings is 1. The van der Waals surface area contributed by atoms with Gasteiger partial charge in [-0.3, -0.25) is 19.2 Å². The number of allylic oxidation sites excluding steroid dienone is 2. The summed E-state index contributed by atoms with van der Waals surface area (Å²) in [7, 11) is 3.61. The minimum atomic E-state index is -2.00. The predicted octanol–water partition coefficient (Wildman–Crippen LogP) is 7.99. The van der Waals surface area contributed by atoms with Crippen molar-refractivity contribution in [2.75, 3.05) is 39.2 Å². The Bertz CT molecular complexity index is 2700. The zero-order valence-electron chi connectivity index (χ0n) is 39.7. The molecule has 354 valence electrons. The molecule has 15 heteroatoms. The number of likely N-dealkylation sites (tertiary alicyclic amines) is 1. The van der Waals surface area contributed by atoms with Crippen LogP contribution in [0.1, 0.15) is 84.2 Å². The summed E-state index contributed by atoms with van der Waals surface area (Å²) >= 11 is 0. The number of carbonyl (C=O) groups excluding carboxylic acids is 3. The predicted molar refractivity (Wildman–Crippen MR) is 251 cm³/mol. The SMILES string of the molecule is CO[C@H]1/C=C/O[C@@]2(C)Oc3c(C)c(=O)c4c(O)c(c5oc6cc(OCC7CCN(C)CC7)ccc6nc5c4c3C2=O)NC(=O)/C(C)=C\C=C\[C@H](C)[C@H](O)[C@@H](C)[C@@H](C)[C@@H](C)[C@H](OC(C)=O)[C@@H]1C. The molecule has 7 rings (SSSR count). The molecule has 4 aromatic rings. The Hall–Kier alpha value is -5.77. The summed E-state index contributed by atoms with van der Waals surface area (Å²) in [6.45, 7) is 18.0. The van der Waals surface area contributed by atoms with Gasteiger partial charge in [0.2, 0.25) is 0 Å². The highest BCUT2D eigenvalue weighted by molar-refractivity contribution is 6.26. The standard InChI is InChI=1S/C51H63N3O12/c1-25-13-12-14-26(2)50(60)53-42-45(58)39-38(41-48(42)65-37-23-34(15-16-35(37)52-41)62-24-33-17-20-54(10)21-18-33)40-47(31(7)44(39)57)66-51(9,49(40)59)63-22-19-36(61-11)30(6)46(64-32(8)55)29(5)27(3)28(4)43(25)56/h12-16,19,22-23,25,27-30,33,36,43,46,56,58H,17-18,20-21,24H2,1-11H3,(H,53,60)/b13-12+,22-19+,26-14-/t25-,27+,28-,29+,30+,36-,43-,46-,51-/m0/s1. The van der Waals surface area contributed by atoms with Crippen LogP contribution in [0, 0.1) is 42.4 Å². The number of hydrogen-bond acceptors (Lipinski definition) is 14. The molecule has 1 aromatic heterocycles. The molecule has 0 unspecified atom stereocenters. The van der Waals surface area contributed by atoms with Crippen molar-refractivity contribution < 1.29 is 52.7 Å². The van der Waals surface area contributed by atoms with E-state index in [1.165, 1.54) is 34.1 Å². The molecular formula is C51H63N3O12. The first-order chi connectivity index (χ1) is 31.3. The van der Waals surface area contributed by atoms with Gasteiger partial charge in [-0.1, -0.05) is 52.8 Å². The molecule has 1 amide bonds. The molecule has 15 nitrogen and oxygen atoms in total. The Morgan fingerprint density at radius 1 is 1.00 bits per heavy atom. The number of methoxy groups -OCH3 is 1. The molecule has 3 aliphatic rings. The Kier molecular flexibility index (Phi) is 14.0. The van der Waals surface area contributed by atoms with Crippen molar-refractivity contribution in [3.8, 4) is 17.2 Å².